The number of halogens is 1. The SMILES string of the molecule is CC1Oc2c(Br)cc(C(C)C)cc2N(C)C1=O. The average Bonchev–Trinajstić information content (AvgIpc) is 2.27. The van der Waals surface area contributed by atoms with E-state index >= 15 is 0 Å². The van der Waals surface area contributed by atoms with E-state index in [2.05, 4.69) is 35.8 Å². The number of rotatable bonds is 1. The van der Waals surface area contributed by atoms with Gasteiger partial charge in [0.2, 0.25) is 0 Å². The van der Waals surface area contributed by atoms with Crippen LogP contribution in [-0.4, -0.2) is 19.1 Å². The largest absolute Gasteiger partial charge is 0.477 e. The molecule has 0 aromatic heterocycles. The lowest BCUT2D eigenvalue weighted by Crippen LogP contribution is -2.42. The van der Waals surface area contributed by atoms with Gasteiger partial charge >= 0.3 is 0 Å². The Morgan fingerprint density at radius 2 is 2.06 bits per heavy atom. The van der Waals surface area contributed by atoms with Crippen molar-refractivity contribution in [2.24, 2.45) is 0 Å². The normalized spacial score (nSPS) is 19.3. The van der Waals surface area contributed by atoms with E-state index in [9.17, 15) is 4.79 Å². The van der Waals surface area contributed by atoms with Gasteiger partial charge in [-0.3, -0.25) is 4.79 Å². The molecule has 1 unspecified atom stereocenters. The highest BCUT2D eigenvalue weighted by molar-refractivity contribution is 9.10. The molecule has 1 heterocycles. The molecule has 1 aliphatic rings. The number of anilines is 1. The molecule has 1 aliphatic heterocycles. The molecular weight excluding hydrogens is 282 g/mol. The van der Waals surface area contributed by atoms with Crippen molar-refractivity contribution >= 4 is 27.5 Å². The fourth-order valence-electron chi connectivity index (χ4n) is 1.92. The number of benzene rings is 1. The van der Waals surface area contributed by atoms with Gasteiger partial charge in [0.1, 0.15) is 0 Å². The van der Waals surface area contributed by atoms with Gasteiger partial charge in [0, 0.05) is 7.05 Å². The smallest absolute Gasteiger partial charge is 0.267 e. The molecule has 1 aromatic rings. The van der Waals surface area contributed by atoms with E-state index in [-0.39, 0.29) is 5.91 Å². The zero-order chi connectivity index (χ0) is 12.7. The van der Waals surface area contributed by atoms with Gasteiger partial charge in [0.25, 0.3) is 5.91 Å². The molecule has 0 fully saturated rings. The van der Waals surface area contributed by atoms with Gasteiger partial charge in [-0.15, -0.1) is 0 Å². The monoisotopic (exact) mass is 297 g/mol. The van der Waals surface area contributed by atoms with E-state index in [0.29, 0.717) is 5.92 Å². The summed E-state index contributed by atoms with van der Waals surface area (Å²) >= 11 is 3.51. The molecule has 0 N–H and O–H groups in total. The fourth-order valence-corrected chi connectivity index (χ4v) is 2.48. The number of carbonyl (C=O) groups excluding carboxylic acids is 1. The maximum atomic E-state index is 11.9. The van der Waals surface area contributed by atoms with Crippen molar-refractivity contribution in [3.8, 4) is 5.75 Å². The standard InChI is InChI=1S/C13H16BrNO2/c1-7(2)9-5-10(14)12-11(6-9)15(4)13(16)8(3)17-12/h5-8H,1-4H3. The van der Waals surface area contributed by atoms with Crippen LogP contribution in [0.1, 0.15) is 32.3 Å². The number of hydrogen-bond donors (Lipinski definition) is 0. The minimum absolute atomic E-state index is 0.00898. The lowest BCUT2D eigenvalue weighted by atomic mass is 10.0. The molecule has 17 heavy (non-hydrogen) atoms. The van der Waals surface area contributed by atoms with Crippen molar-refractivity contribution in [3.05, 3.63) is 22.2 Å². The van der Waals surface area contributed by atoms with E-state index in [1.807, 2.05) is 6.07 Å². The molecule has 0 spiro atoms. The third-order valence-corrected chi connectivity index (χ3v) is 3.64. The van der Waals surface area contributed by atoms with Crippen LogP contribution in [0.4, 0.5) is 5.69 Å². The molecule has 0 aliphatic carbocycles. The van der Waals surface area contributed by atoms with Crippen LogP contribution >= 0.6 is 15.9 Å². The lowest BCUT2D eigenvalue weighted by molar-refractivity contribution is -0.125. The Morgan fingerprint density at radius 3 is 2.65 bits per heavy atom. The molecule has 1 amide bonds. The quantitative estimate of drug-likeness (QED) is 0.796. The number of nitrogens with zero attached hydrogens (tertiary/aromatic N) is 1. The van der Waals surface area contributed by atoms with Crippen LogP contribution in [0.15, 0.2) is 16.6 Å². The van der Waals surface area contributed by atoms with Crippen molar-refractivity contribution in [1.82, 2.24) is 0 Å². The summed E-state index contributed by atoms with van der Waals surface area (Å²) in [6, 6.07) is 4.08. The summed E-state index contributed by atoms with van der Waals surface area (Å²) in [6.07, 6.45) is -0.423. The first-order chi connectivity index (χ1) is 7.91. The summed E-state index contributed by atoms with van der Waals surface area (Å²) in [5.74, 6) is 1.16. The van der Waals surface area contributed by atoms with Crippen LogP contribution in [0.3, 0.4) is 0 Å². The van der Waals surface area contributed by atoms with E-state index in [4.69, 9.17) is 4.74 Å². The topological polar surface area (TPSA) is 29.5 Å². The Balaban J connectivity index is 2.57. The molecule has 2 rings (SSSR count). The van der Waals surface area contributed by atoms with Crippen LogP contribution in [0.25, 0.3) is 0 Å². The molecule has 1 atom stereocenters. The second kappa shape index (κ2) is 4.33. The first-order valence-corrected chi connectivity index (χ1v) is 6.48. The average molecular weight is 298 g/mol. The Bertz CT molecular complexity index is 471. The van der Waals surface area contributed by atoms with Crippen molar-refractivity contribution < 1.29 is 9.53 Å². The maximum absolute atomic E-state index is 11.9. The zero-order valence-electron chi connectivity index (χ0n) is 10.5. The maximum Gasteiger partial charge on any atom is 0.267 e. The highest BCUT2D eigenvalue weighted by Crippen LogP contribution is 2.41. The molecule has 3 nitrogen and oxygen atoms in total. The van der Waals surface area contributed by atoms with Crippen LogP contribution in [0.5, 0.6) is 5.75 Å². The highest BCUT2D eigenvalue weighted by atomic mass is 79.9. The van der Waals surface area contributed by atoms with Crippen molar-refractivity contribution in [3.63, 3.8) is 0 Å². The molecule has 0 saturated heterocycles. The zero-order valence-corrected chi connectivity index (χ0v) is 12.0. The summed E-state index contributed by atoms with van der Waals surface area (Å²) < 4.78 is 6.55. The van der Waals surface area contributed by atoms with Crippen LogP contribution < -0.4 is 9.64 Å². The predicted octanol–water partition coefficient (Wildman–Crippen LogP) is 3.32. The number of carbonyl (C=O) groups is 1. The molecule has 0 saturated carbocycles. The van der Waals surface area contributed by atoms with Crippen molar-refractivity contribution in [1.29, 1.82) is 0 Å². The summed E-state index contributed by atoms with van der Waals surface area (Å²) in [6.45, 7) is 6.02. The summed E-state index contributed by atoms with van der Waals surface area (Å²) in [5.41, 5.74) is 2.03. The molecule has 4 heteroatoms. The Hall–Kier alpha value is -1.03. The summed E-state index contributed by atoms with van der Waals surface area (Å²) in [4.78, 5) is 13.5. The Morgan fingerprint density at radius 1 is 1.41 bits per heavy atom. The minimum atomic E-state index is -0.423. The van der Waals surface area contributed by atoms with Crippen LogP contribution in [0, 0.1) is 0 Å². The third-order valence-electron chi connectivity index (χ3n) is 3.05. The number of likely N-dealkylation sites (N-methyl/N-ethyl adjacent to an activating group) is 1. The van der Waals surface area contributed by atoms with E-state index < -0.39 is 6.10 Å². The molecule has 0 radical (unpaired) electrons. The van der Waals surface area contributed by atoms with E-state index in [1.165, 1.54) is 5.56 Å². The molecule has 0 bridgehead atoms. The van der Waals surface area contributed by atoms with Crippen LogP contribution in [0.2, 0.25) is 0 Å². The van der Waals surface area contributed by atoms with Gasteiger partial charge in [0.15, 0.2) is 11.9 Å². The van der Waals surface area contributed by atoms with Gasteiger partial charge in [-0.2, -0.15) is 0 Å². The summed E-state index contributed by atoms with van der Waals surface area (Å²) in [7, 11) is 1.79. The molecule has 1 aromatic carbocycles. The van der Waals surface area contributed by atoms with Crippen molar-refractivity contribution in [2.75, 3.05) is 11.9 Å². The first-order valence-electron chi connectivity index (χ1n) is 5.69. The Labute approximate surface area is 110 Å². The third kappa shape index (κ3) is 2.06. The predicted molar refractivity (Wildman–Crippen MR) is 71.7 cm³/mol. The van der Waals surface area contributed by atoms with Gasteiger partial charge in [-0.25, -0.2) is 0 Å². The number of ether oxygens (including phenoxy) is 1. The van der Waals surface area contributed by atoms with Crippen molar-refractivity contribution in [2.45, 2.75) is 32.8 Å². The highest BCUT2D eigenvalue weighted by Gasteiger charge is 2.30. The van der Waals surface area contributed by atoms with Gasteiger partial charge in [-0.1, -0.05) is 13.8 Å². The molecular formula is C13H16BrNO2. The minimum Gasteiger partial charge on any atom is -0.477 e. The number of hydrogen-bond acceptors (Lipinski definition) is 2. The fraction of sp³-hybridized carbons (Fsp3) is 0.462. The van der Waals surface area contributed by atoms with Gasteiger partial charge < -0.3 is 9.64 Å². The first kappa shape index (κ1) is 12.4. The van der Waals surface area contributed by atoms with Gasteiger partial charge in [0.05, 0.1) is 10.2 Å². The summed E-state index contributed by atoms with van der Waals surface area (Å²) in [5, 5.41) is 0. The Kier molecular flexibility index (Phi) is 3.17. The molecule has 92 valence electrons. The van der Waals surface area contributed by atoms with E-state index in [0.717, 1.165) is 15.9 Å². The lowest BCUT2D eigenvalue weighted by Gasteiger charge is -2.31. The van der Waals surface area contributed by atoms with Gasteiger partial charge in [-0.05, 0) is 46.5 Å². The second-order valence-corrected chi connectivity index (χ2v) is 5.52. The number of fused-ring (bicyclic) bond motifs is 1. The van der Waals surface area contributed by atoms with Crippen LogP contribution in [-0.2, 0) is 4.79 Å². The second-order valence-electron chi connectivity index (χ2n) is 4.66. The number of amides is 1. The van der Waals surface area contributed by atoms with E-state index in [1.54, 1.807) is 18.9 Å².